The van der Waals surface area contributed by atoms with Crippen LogP contribution in [0.5, 0.6) is 0 Å². The van der Waals surface area contributed by atoms with Gasteiger partial charge in [0, 0.05) is 27.1 Å². The molecule has 0 saturated heterocycles. The van der Waals surface area contributed by atoms with Gasteiger partial charge in [0.25, 0.3) is 0 Å². The van der Waals surface area contributed by atoms with Crippen LogP contribution < -0.4 is 0 Å². The maximum absolute atomic E-state index is 4.93. The number of H-pyrrole nitrogens is 1. The largest absolute Gasteiger partial charge is 0.396 e. The lowest BCUT2D eigenvalue weighted by Crippen LogP contribution is -1.82. The second kappa shape index (κ2) is 4.49. The lowest BCUT2D eigenvalue weighted by molar-refractivity contribution is 0.160. The molecule has 0 unspecified atom stereocenters. The number of fused-ring (bicyclic) bond motifs is 1. The van der Waals surface area contributed by atoms with E-state index in [2.05, 4.69) is 32.1 Å². The first-order valence-electron chi connectivity index (χ1n) is 4.73. The topological polar surface area (TPSA) is 37.4 Å². The Hall–Kier alpha value is -1.29. The van der Waals surface area contributed by atoms with Crippen LogP contribution in [0.2, 0.25) is 0 Å². The van der Waals surface area contributed by atoms with Crippen LogP contribution in [-0.2, 0) is 4.84 Å². The van der Waals surface area contributed by atoms with Crippen LogP contribution in [0.15, 0.2) is 34.0 Å². The molecule has 0 aliphatic carbocycles. The second-order valence-corrected chi connectivity index (χ2v) is 4.00. The van der Waals surface area contributed by atoms with Gasteiger partial charge in [0.05, 0.1) is 6.21 Å². The zero-order chi connectivity index (χ0) is 10.7. The molecule has 0 bridgehead atoms. The average molecular weight is 267 g/mol. The Labute approximate surface area is 96.2 Å². The normalized spacial score (nSPS) is 11.3. The number of hydrogen-bond donors (Lipinski definition) is 1. The van der Waals surface area contributed by atoms with Gasteiger partial charge in [0.1, 0.15) is 6.61 Å². The van der Waals surface area contributed by atoms with Crippen LogP contribution in [-0.4, -0.2) is 17.8 Å². The average Bonchev–Trinajstić information content (AvgIpc) is 2.62. The Balaban J connectivity index is 2.39. The van der Waals surface area contributed by atoms with Gasteiger partial charge in [-0.05, 0) is 25.1 Å². The number of aromatic amines is 1. The lowest BCUT2D eigenvalue weighted by atomic mass is 10.2. The molecule has 1 heterocycles. The number of nitrogens with zero attached hydrogens (tertiary/aromatic N) is 1. The van der Waals surface area contributed by atoms with Crippen molar-refractivity contribution in [3.8, 4) is 0 Å². The standard InChI is InChI=1S/C11H11BrN2O/c1-2-15-14-7-8-6-13-11-4-3-9(12)5-10(8)11/h3-7,13H,2H2,1H3/b14-7-. The highest BCUT2D eigenvalue weighted by molar-refractivity contribution is 9.10. The first kappa shape index (κ1) is 10.2. The second-order valence-electron chi connectivity index (χ2n) is 3.09. The lowest BCUT2D eigenvalue weighted by Gasteiger charge is -1.93. The monoisotopic (exact) mass is 266 g/mol. The molecule has 0 fully saturated rings. The molecule has 0 spiro atoms. The van der Waals surface area contributed by atoms with Crippen molar-refractivity contribution >= 4 is 33.0 Å². The number of benzene rings is 1. The van der Waals surface area contributed by atoms with Crippen LogP contribution in [0.3, 0.4) is 0 Å². The van der Waals surface area contributed by atoms with Crippen molar-refractivity contribution in [2.75, 3.05) is 6.61 Å². The molecule has 78 valence electrons. The maximum atomic E-state index is 4.93. The first-order valence-corrected chi connectivity index (χ1v) is 5.52. The van der Waals surface area contributed by atoms with Crippen LogP contribution in [0.25, 0.3) is 10.9 Å². The zero-order valence-electron chi connectivity index (χ0n) is 8.33. The third-order valence-electron chi connectivity index (χ3n) is 2.07. The first-order chi connectivity index (χ1) is 7.31. The molecule has 3 nitrogen and oxygen atoms in total. The van der Waals surface area contributed by atoms with E-state index < -0.39 is 0 Å². The molecule has 0 aliphatic rings. The third-order valence-corrected chi connectivity index (χ3v) is 2.56. The number of hydrogen-bond acceptors (Lipinski definition) is 2. The summed E-state index contributed by atoms with van der Waals surface area (Å²) in [6.45, 7) is 2.49. The minimum absolute atomic E-state index is 0.586. The SMILES string of the molecule is CCO/N=C\c1c[nH]c2ccc(Br)cc12. The van der Waals surface area contributed by atoms with Gasteiger partial charge in [0.2, 0.25) is 0 Å². The Bertz CT molecular complexity index is 490. The summed E-state index contributed by atoms with van der Waals surface area (Å²) in [5.74, 6) is 0. The summed E-state index contributed by atoms with van der Waals surface area (Å²) in [5, 5.41) is 4.98. The van der Waals surface area contributed by atoms with Crippen LogP contribution >= 0.6 is 15.9 Å². The van der Waals surface area contributed by atoms with Crippen molar-refractivity contribution in [1.29, 1.82) is 0 Å². The van der Waals surface area contributed by atoms with Gasteiger partial charge in [-0.25, -0.2) is 0 Å². The van der Waals surface area contributed by atoms with Crippen molar-refractivity contribution in [2.45, 2.75) is 6.92 Å². The summed E-state index contributed by atoms with van der Waals surface area (Å²) in [4.78, 5) is 8.10. The molecule has 0 saturated carbocycles. The molecular weight excluding hydrogens is 256 g/mol. The molecule has 0 radical (unpaired) electrons. The molecule has 0 atom stereocenters. The third kappa shape index (κ3) is 2.21. The zero-order valence-corrected chi connectivity index (χ0v) is 9.91. The maximum Gasteiger partial charge on any atom is 0.114 e. The summed E-state index contributed by atoms with van der Waals surface area (Å²) in [7, 11) is 0. The van der Waals surface area contributed by atoms with Crippen LogP contribution in [0, 0.1) is 0 Å². The summed E-state index contributed by atoms with van der Waals surface area (Å²) < 4.78 is 1.06. The molecule has 15 heavy (non-hydrogen) atoms. The number of rotatable bonds is 3. The van der Waals surface area contributed by atoms with E-state index in [1.165, 1.54) is 0 Å². The van der Waals surface area contributed by atoms with Gasteiger partial charge in [-0.15, -0.1) is 0 Å². The predicted molar refractivity (Wildman–Crippen MR) is 65.2 cm³/mol. The molecule has 4 heteroatoms. The van der Waals surface area contributed by atoms with E-state index in [0.29, 0.717) is 6.61 Å². The molecule has 2 aromatic rings. The predicted octanol–water partition coefficient (Wildman–Crippen LogP) is 3.30. The molecule has 1 aromatic carbocycles. The quantitative estimate of drug-likeness (QED) is 0.672. The van der Waals surface area contributed by atoms with Gasteiger partial charge in [-0.3, -0.25) is 0 Å². The van der Waals surface area contributed by atoms with Crippen LogP contribution in [0.1, 0.15) is 12.5 Å². The van der Waals surface area contributed by atoms with E-state index in [9.17, 15) is 0 Å². The Morgan fingerprint density at radius 2 is 2.40 bits per heavy atom. The fourth-order valence-electron chi connectivity index (χ4n) is 1.39. The van der Waals surface area contributed by atoms with Crippen LogP contribution in [0.4, 0.5) is 0 Å². The van der Waals surface area contributed by atoms with E-state index in [1.54, 1.807) is 6.21 Å². The minimum Gasteiger partial charge on any atom is -0.396 e. The summed E-state index contributed by atoms with van der Waals surface area (Å²) in [5.41, 5.74) is 2.12. The molecule has 1 aromatic heterocycles. The van der Waals surface area contributed by atoms with Gasteiger partial charge in [-0.1, -0.05) is 21.1 Å². The van der Waals surface area contributed by atoms with Gasteiger partial charge >= 0.3 is 0 Å². The fraction of sp³-hybridized carbons (Fsp3) is 0.182. The molecule has 2 rings (SSSR count). The van der Waals surface area contributed by atoms with Crippen molar-refractivity contribution in [2.24, 2.45) is 5.16 Å². The highest BCUT2D eigenvalue weighted by Crippen LogP contribution is 2.21. The highest BCUT2D eigenvalue weighted by Gasteiger charge is 2.01. The minimum atomic E-state index is 0.586. The number of halogens is 1. The molecule has 0 aliphatic heterocycles. The van der Waals surface area contributed by atoms with Gasteiger partial charge in [-0.2, -0.15) is 0 Å². The number of nitrogens with one attached hydrogen (secondary N) is 1. The van der Waals surface area contributed by atoms with E-state index in [-0.39, 0.29) is 0 Å². The highest BCUT2D eigenvalue weighted by atomic mass is 79.9. The number of oxime groups is 1. The van der Waals surface area contributed by atoms with Crippen molar-refractivity contribution < 1.29 is 4.84 Å². The van der Waals surface area contributed by atoms with Crippen molar-refractivity contribution in [1.82, 2.24) is 4.98 Å². The molecular formula is C11H11BrN2O. The van der Waals surface area contributed by atoms with E-state index in [0.717, 1.165) is 20.9 Å². The summed E-state index contributed by atoms with van der Waals surface area (Å²) >= 11 is 3.44. The smallest absolute Gasteiger partial charge is 0.114 e. The van der Waals surface area contributed by atoms with Gasteiger partial charge < -0.3 is 9.82 Å². The fourth-order valence-corrected chi connectivity index (χ4v) is 1.75. The summed E-state index contributed by atoms with van der Waals surface area (Å²) in [6.07, 6.45) is 3.63. The van der Waals surface area contributed by atoms with Gasteiger partial charge in [0.15, 0.2) is 0 Å². The number of aromatic nitrogens is 1. The van der Waals surface area contributed by atoms with E-state index in [4.69, 9.17) is 4.84 Å². The Morgan fingerprint density at radius 1 is 1.53 bits per heavy atom. The Morgan fingerprint density at radius 3 is 3.20 bits per heavy atom. The Kier molecular flexibility index (Phi) is 3.06. The van der Waals surface area contributed by atoms with E-state index >= 15 is 0 Å². The van der Waals surface area contributed by atoms with E-state index in [1.807, 2.05) is 25.3 Å². The molecule has 1 N–H and O–H groups in total. The molecule has 0 amide bonds. The van der Waals surface area contributed by atoms with Crippen molar-refractivity contribution in [3.05, 3.63) is 34.4 Å². The van der Waals surface area contributed by atoms with Crippen molar-refractivity contribution in [3.63, 3.8) is 0 Å². The summed E-state index contributed by atoms with van der Waals surface area (Å²) in [6, 6.07) is 6.08.